The average molecular weight is 263 g/mol. The molecule has 6 heteroatoms. The number of nitrogens with two attached hydrogens (primary N) is 1. The molecule has 0 saturated heterocycles. The topological polar surface area (TPSA) is 70.1 Å². The lowest BCUT2D eigenvalue weighted by atomic mass is 10.2. The van der Waals surface area contributed by atoms with E-state index in [0.717, 1.165) is 6.07 Å². The van der Waals surface area contributed by atoms with Crippen molar-refractivity contribution in [1.82, 2.24) is 9.55 Å². The molecule has 1 aromatic heterocycles. The van der Waals surface area contributed by atoms with Gasteiger partial charge in [-0.2, -0.15) is 0 Å². The van der Waals surface area contributed by atoms with E-state index < -0.39 is 11.4 Å². The number of ether oxygens (including phenoxy) is 1. The summed E-state index contributed by atoms with van der Waals surface area (Å²) in [5, 5.41) is 0. The summed E-state index contributed by atoms with van der Waals surface area (Å²) in [5.41, 5.74) is 6.18. The third-order valence-corrected chi connectivity index (χ3v) is 2.75. The smallest absolute Gasteiger partial charge is 0.313 e. The van der Waals surface area contributed by atoms with E-state index in [1.54, 1.807) is 13.1 Å². The Morgan fingerprint density at radius 2 is 2.21 bits per heavy atom. The maximum atomic E-state index is 13.7. The van der Waals surface area contributed by atoms with Gasteiger partial charge >= 0.3 is 5.56 Å². The monoisotopic (exact) mass is 263 g/mol. The number of nitrogens with zero attached hydrogens (tertiary/aromatic N) is 2. The summed E-state index contributed by atoms with van der Waals surface area (Å²) in [5.74, 6) is -0.853. The zero-order valence-electron chi connectivity index (χ0n) is 10.7. The molecule has 2 rings (SSSR count). The fourth-order valence-corrected chi connectivity index (χ4v) is 1.60. The number of halogens is 1. The van der Waals surface area contributed by atoms with Crippen LogP contribution in [0.1, 0.15) is 12.5 Å². The Bertz CT molecular complexity index is 667. The van der Waals surface area contributed by atoms with Crippen molar-refractivity contribution in [3.63, 3.8) is 0 Å². The van der Waals surface area contributed by atoms with E-state index in [1.807, 2.05) is 6.92 Å². The number of aryl methyl sites for hydroxylation is 2. The van der Waals surface area contributed by atoms with Gasteiger partial charge in [-0.3, -0.25) is 4.79 Å². The molecular weight excluding hydrogens is 249 g/mol. The van der Waals surface area contributed by atoms with Crippen LogP contribution in [0.15, 0.2) is 29.3 Å². The van der Waals surface area contributed by atoms with Gasteiger partial charge < -0.3 is 15.0 Å². The molecular formula is C13H14FN3O2. The predicted octanol–water partition coefficient (Wildman–Crippen LogP) is 2.09. The van der Waals surface area contributed by atoms with Gasteiger partial charge in [0.2, 0.25) is 0 Å². The van der Waals surface area contributed by atoms with Crippen LogP contribution in [0, 0.1) is 12.7 Å². The maximum Gasteiger partial charge on any atom is 0.313 e. The van der Waals surface area contributed by atoms with E-state index in [2.05, 4.69) is 4.98 Å². The fraction of sp³-hybridized carbons (Fsp3) is 0.231. The van der Waals surface area contributed by atoms with Crippen LogP contribution in [-0.4, -0.2) is 9.55 Å². The fourth-order valence-electron chi connectivity index (χ4n) is 1.60. The first kappa shape index (κ1) is 13.1. The lowest BCUT2D eigenvalue weighted by molar-refractivity contribution is 0.415. The Hall–Kier alpha value is -2.37. The second-order valence-corrected chi connectivity index (χ2v) is 4.06. The number of anilines is 1. The van der Waals surface area contributed by atoms with E-state index in [4.69, 9.17) is 10.5 Å². The normalized spacial score (nSPS) is 10.5. The highest BCUT2D eigenvalue weighted by atomic mass is 19.1. The van der Waals surface area contributed by atoms with Gasteiger partial charge in [-0.15, -0.1) is 0 Å². The molecule has 0 unspecified atom stereocenters. The van der Waals surface area contributed by atoms with Crippen molar-refractivity contribution in [2.45, 2.75) is 20.4 Å². The van der Waals surface area contributed by atoms with Crippen LogP contribution in [0.3, 0.4) is 0 Å². The number of hydrogen-bond donors (Lipinski definition) is 1. The molecule has 2 aromatic rings. The summed E-state index contributed by atoms with van der Waals surface area (Å²) >= 11 is 0. The van der Waals surface area contributed by atoms with Crippen molar-refractivity contribution in [2.75, 3.05) is 5.73 Å². The van der Waals surface area contributed by atoms with Gasteiger partial charge in [0.25, 0.3) is 5.88 Å². The van der Waals surface area contributed by atoms with Crippen molar-refractivity contribution < 1.29 is 9.13 Å². The van der Waals surface area contributed by atoms with Crippen molar-refractivity contribution in [2.24, 2.45) is 0 Å². The molecule has 19 heavy (non-hydrogen) atoms. The minimum absolute atomic E-state index is 0.0647. The molecule has 2 N–H and O–H groups in total. The molecule has 0 bridgehead atoms. The number of nitrogen functional groups attached to an aromatic ring is 1. The average Bonchev–Trinajstić information content (AvgIpc) is 2.38. The number of aromatic nitrogens is 2. The molecule has 0 saturated carbocycles. The third kappa shape index (κ3) is 2.57. The molecule has 0 fully saturated rings. The van der Waals surface area contributed by atoms with Gasteiger partial charge in [0.15, 0.2) is 11.6 Å². The van der Waals surface area contributed by atoms with Crippen molar-refractivity contribution in [1.29, 1.82) is 0 Å². The van der Waals surface area contributed by atoms with E-state index in [0.29, 0.717) is 17.8 Å². The highest BCUT2D eigenvalue weighted by Crippen LogP contribution is 2.26. The summed E-state index contributed by atoms with van der Waals surface area (Å²) in [7, 11) is 0. The lowest BCUT2D eigenvalue weighted by Crippen LogP contribution is -2.20. The molecule has 0 aliphatic rings. The van der Waals surface area contributed by atoms with Gasteiger partial charge in [-0.25, -0.2) is 9.37 Å². The molecule has 0 amide bonds. The van der Waals surface area contributed by atoms with Crippen LogP contribution in [0.4, 0.5) is 10.1 Å². The number of hydrogen-bond acceptors (Lipinski definition) is 4. The van der Waals surface area contributed by atoms with E-state index in [1.165, 1.54) is 16.8 Å². The first-order chi connectivity index (χ1) is 9.02. The largest absolute Gasteiger partial charge is 0.431 e. The van der Waals surface area contributed by atoms with Crippen LogP contribution < -0.4 is 16.0 Å². The van der Waals surface area contributed by atoms with E-state index in [-0.39, 0.29) is 11.6 Å². The Labute approximate surface area is 109 Å². The quantitative estimate of drug-likeness (QED) is 0.861. The standard InChI is InChI=1S/C13H14FN3O2/c1-3-17-5-4-16-12(13(17)18)19-11-6-8(2)10(15)7-9(11)14/h4-7H,3,15H2,1-2H3. The first-order valence-corrected chi connectivity index (χ1v) is 5.82. The minimum atomic E-state index is -0.629. The van der Waals surface area contributed by atoms with Gasteiger partial charge in [0.05, 0.1) is 0 Å². The minimum Gasteiger partial charge on any atom is -0.431 e. The lowest BCUT2D eigenvalue weighted by Gasteiger charge is -2.09. The molecule has 0 spiro atoms. The van der Waals surface area contributed by atoms with Crippen LogP contribution in [-0.2, 0) is 6.54 Å². The van der Waals surface area contributed by atoms with Crippen LogP contribution in [0.5, 0.6) is 11.6 Å². The van der Waals surface area contributed by atoms with Gasteiger partial charge in [-0.1, -0.05) is 0 Å². The van der Waals surface area contributed by atoms with Gasteiger partial charge in [0.1, 0.15) is 0 Å². The number of rotatable bonds is 3. The summed E-state index contributed by atoms with van der Waals surface area (Å²) in [6.45, 7) is 4.03. The van der Waals surface area contributed by atoms with Crippen molar-refractivity contribution >= 4 is 5.69 Å². The summed E-state index contributed by atoms with van der Waals surface area (Å²) in [4.78, 5) is 15.7. The van der Waals surface area contributed by atoms with E-state index in [9.17, 15) is 9.18 Å². The summed E-state index contributed by atoms with van der Waals surface area (Å²) in [6.07, 6.45) is 2.97. The zero-order valence-corrected chi connectivity index (χ0v) is 10.7. The molecule has 100 valence electrons. The Balaban J connectivity index is 2.42. The Kier molecular flexibility index (Phi) is 3.50. The Morgan fingerprint density at radius 1 is 1.47 bits per heavy atom. The van der Waals surface area contributed by atoms with E-state index >= 15 is 0 Å². The SMILES string of the molecule is CCn1ccnc(Oc2cc(C)c(N)cc2F)c1=O. The first-order valence-electron chi connectivity index (χ1n) is 5.82. The maximum absolute atomic E-state index is 13.7. The highest BCUT2D eigenvalue weighted by Gasteiger charge is 2.12. The third-order valence-electron chi connectivity index (χ3n) is 2.75. The molecule has 0 aliphatic carbocycles. The van der Waals surface area contributed by atoms with Gasteiger partial charge in [0, 0.05) is 30.7 Å². The number of benzene rings is 1. The van der Waals surface area contributed by atoms with Crippen molar-refractivity contribution in [3.8, 4) is 11.6 Å². The summed E-state index contributed by atoms with van der Waals surface area (Å²) in [6, 6.07) is 2.60. The molecule has 0 atom stereocenters. The van der Waals surface area contributed by atoms with Crippen LogP contribution in [0.2, 0.25) is 0 Å². The van der Waals surface area contributed by atoms with Crippen molar-refractivity contribution in [3.05, 3.63) is 46.3 Å². The zero-order chi connectivity index (χ0) is 14.0. The highest BCUT2D eigenvalue weighted by molar-refractivity contribution is 5.50. The summed E-state index contributed by atoms with van der Waals surface area (Å²) < 4.78 is 20.4. The molecule has 0 aliphatic heterocycles. The molecule has 5 nitrogen and oxygen atoms in total. The van der Waals surface area contributed by atoms with Crippen LogP contribution >= 0.6 is 0 Å². The predicted molar refractivity (Wildman–Crippen MR) is 69.8 cm³/mol. The van der Waals surface area contributed by atoms with Crippen LogP contribution in [0.25, 0.3) is 0 Å². The van der Waals surface area contributed by atoms with Gasteiger partial charge in [-0.05, 0) is 25.5 Å². The molecule has 1 aromatic carbocycles. The second-order valence-electron chi connectivity index (χ2n) is 4.06. The molecule has 1 heterocycles. The Morgan fingerprint density at radius 3 is 2.89 bits per heavy atom. The second kappa shape index (κ2) is 5.09. The molecule has 0 radical (unpaired) electrons.